The van der Waals surface area contributed by atoms with Crippen LogP contribution in [0.5, 0.6) is 5.75 Å². The van der Waals surface area contributed by atoms with E-state index in [1.807, 2.05) is 0 Å². The number of ketones is 1. The lowest BCUT2D eigenvalue weighted by Crippen LogP contribution is -2.16. The Kier molecular flexibility index (Phi) is 5.70. The molecule has 0 fully saturated rings. The summed E-state index contributed by atoms with van der Waals surface area (Å²) in [4.78, 5) is 24.6. The van der Waals surface area contributed by atoms with Gasteiger partial charge in [-0.2, -0.15) is 5.10 Å². The number of esters is 1. The Labute approximate surface area is 139 Å². The highest BCUT2D eigenvalue weighted by atomic mass is 16.5. The van der Waals surface area contributed by atoms with E-state index in [0.717, 1.165) is 0 Å². The monoisotopic (exact) mass is 332 g/mol. The minimum Gasteiger partial charge on any atom is -0.497 e. The summed E-state index contributed by atoms with van der Waals surface area (Å²) in [6.45, 7) is 3.19. The summed E-state index contributed by atoms with van der Waals surface area (Å²) in [7, 11) is 1.55. The second kappa shape index (κ2) is 7.74. The van der Waals surface area contributed by atoms with Gasteiger partial charge in [-0.3, -0.25) is 9.89 Å². The smallest absolute Gasteiger partial charge is 0.357 e. The molecule has 0 spiro atoms. The first-order valence-corrected chi connectivity index (χ1v) is 7.58. The zero-order chi connectivity index (χ0) is 17.7. The number of aliphatic hydroxyl groups excluding tert-OH is 1. The van der Waals surface area contributed by atoms with Crippen molar-refractivity contribution in [1.29, 1.82) is 0 Å². The van der Waals surface area contributed by atoms with Crippen molar-refractivity contribution in [2.45, 2.75) is 13.8 Å². The van der Waals surface area contributed by atoms with E-state index in [2.05, 4.69) is 10.2 Å². The molecule has 1 heterocycles. The van der Waals surface area contributed by atoms with E-state index in [9.17, 15) is 14.7 Å². The fourth-order valence-electron chi connectivity index (χ4n) is 2.23. The van der Waals surface area contributed by atoms with Crippen LogP contribution >= 0.6 is 0 Å². The van der Waals surface area contributed by atoms with Crippen LogP contribution in [-0.4, -0.2) is 47.4 Å². The number of carbonyl (C=O) groups is 2. The van der Waals surface area contributed by atoms with Gasteiger partial charge in [0.05, 0.1) is 20.3 Å². The molecular weight excluding hydrogens is 312 g/mol. The summed E-state index contributed by atoms with van der Waals surface area (Å²) < 4.78 is 10.1. The maximum absolute atomic E-state index is 12.5. The van der Waals surface area contributed by atoms with Crippen LogP contribution in [0.2, 0.25) is 0 Å². The fourth-order valence-corrected chi connectivity index (χ4v) is 2.23. The molecule has 1 aromatic carbocycles. The van der Waals surface area contributed by atoms with Gasteiger partial charge in [0.1, 0.15) is 11.4 Å². The molecule has 0 aliphatic carbocycles. The molecule has 128 valence electrons. The number of aromatic nitrogens is 2. The molecule has 24 heavy (non-hydrogen) atoms. The molecule has 0 radical (unpaired) electrons. The zero-order valence-corrected chi connectivity index (χ0v) is 13.8. The summed E-state index contributed by atoms with van der Waals surface area (Å²) in [6.07, 6.45) is 0. The highest BCUT2D eigenvalue weighted by molar-refractivity contribution is 6.07. The molecule has 0 amide bonds. The van der Waals surface area contributed by atoms with E-state index in [4.69, 9.17) is 9.47 Å². The molecular formula is C17H20N2O5. The maximum Gasteiger partial charge on any atom is 0.357 e. The second-order valence-electron chi connectivity index (χ2n) is 5.22. The second-order valence-corrected chi connectivity index (χ2v) is 5.22. The Bertz CT molecular complexity index is 721. The number of ether oxygens (including phenoxy) is 2. The Hall–Kier alpha value is -2.67. The van der Waals surface area contributed by atoms with E-state index < -0.39 is 11.9 Å². The van der Waals surface area contributed by atoms with Crippen molar-refractivity contribution in [3.05, 3.63) is 35.7 Å². The molecule has 1 aromatic heterocycles. The number of nitrogens with one attached hydrogen (secondary N) is 1. The molecule has 7 heteroatoms. The summed E-state index contributed by atoms with van der Waals surface area (Å²) in [5.74, 6) is -0.918. The third-order valence-electron chi connectivity index (χ3n) is 3.58. The summed E-state index contributed by atoms with van der Waals surface area (Å²) in [5, 5.41) is 15.8. The number of nitrogens with zero attached hydrogens (tertiary/aromatic N) is 1. The van der Waals surface area contributed by atoms with Crippen molar-refractivity contribution >= 4 is 11.8 Å². The van der Waals surface area contributed by atoms with Gasteiger partial charge in [-0.25, -0.2) is 4.79 Å². The Morgan fingerprint density at radius 2 is 1.96 bits per heavy atom. The Balaban J connectivity index is 2.56. The molecule has 7 nitrogen and oxygen atoms in total. The number of carbonyl (C=O) groups excluding carboxylic acids is 2. The number of methoxy groups -OCH3 is 1. The van der Waals surface area contributed by atoms with Gasteiger partial charge < -0.3 is 14.6 Å². The number of hydrogen-bond donors (Lipinski definition) is 2. The molecule has 0 aliphatic rings. The standard InChI is InChI=1S/C17H20N2O5/c1-4-24-17(22)15-13(11-5-7-12(23-3)8-6-11)14(18-19-15)16(21)10(2)9-20/h5-8,10,20H,4,9H2,1-3H3,(H,18,19). The van der Waals surface area contributed by atoms with Crippen LogP contribution in [-0.2, 0) is 4.74 Å². The summed E-state index contributed by atoms with van der Waals surface area (Å²) in [6, 6.07) is 6.90. The lowest BCUT2D eigenvalue weighted by Gasteiger charge is -2.09. The number of benzene rings is 1. The number of aliphatic hydroxyl groups is 1. The predicted octanol–water partition coefficient (Wildman–Crippen LogP) is 2.07. The molecule has 0 bridgehead atoms. The Morgan fingerprint density at radius 1 is 1.29 bits per heavy atom. The third-order valence-corrected chi connectivity index (χ3v) is 3.58. The number of H-pyrrole nitrogens is 1. The van der Waals surface area contributed by atoms with Gasteiger partial charge in [0.15, 0.2) is 11.5 Å². The van der Waals surface area contributed by atoms with Gasteiger partial charge in [-0.1, -0.05) is 19.1 Å². The van der Waals surface area contributed by atoms with Crippen molar-refractivity contribution in [1.82, 2.24) is 10.2 Å². The maximum atomic E-state index is 12.5. The molecule has 1 atom stereocenters. The first-order valence-electron chi connectivity index (χ1n) is 7.58. The lowest BCUT2D eigenvalue weighted by atomic mass is 9.96. The minimum atomic E-state index is -0.625. The minimum absolute atomic E-state index is 0.102. The summed E-state index contributed by atoms with van der Waals surface area (Å²) >= 11 is 0. The quantitative estimate of drug-likeness (QED) is 0.594. The van der Waals surface area contributed by atoms with Crippen molar-refractivity contribution < 1.29 is 24.2 Å². The van der Waals surface area contributed by atoms with Crippen molar-refractivity contribution in [3.8, 4) is 16.9 Å². The van der Waals surface area contributed by atoms with E-state index in [0.29, 0.717) is 16.9 Å². The van der Waals surface area contributed by atoms with E-state index in [1.165, 1.54) is 0 Å². The highest BCUT2D eigenvalue weighted by Crippen LogP contribution is 2.30. The zero-order valence-electron chi connectivity index (χ0n) is 13.8. The molecule has 1 unspecified atom stereocenters. The fraction of sp³-hybridized carbons (Fsp3) is 0.353. The van der Waals surface area contributed by atoms with Crippen LogP contribution in [0.1, 0.15) is 34.8 Å². The van der Waals surface area contributed by atoms with Gasteiger partial charge in [-0.05, 0) is 24.6 Å². The van der Waals surface area contributed by atoms with Crippen molar-refractivity contribution in [2.75, 3.05) is 20.3 Å². The average molecular weight is 332 g/mol. The first-order chi connectivity index (χ1) is 11.5. The van der Waals surface area contributed by atoms with Gasteiger partial charge >= 0.3 is 5.97 Å². The third kappa shape index (κ3) is 3.46. The van der Waals surface area contributed by atoms with Gasteiger partial charge in [0, 0.05) is 11.5 Å². The molecule has 2 rings (SSSR count). The molecule has 0 aliphatic heterocycles. The van der Waals surface area contributed by atoms with E-state index >= 15 is 0 Å². The topological polar surface area (TPSA) is 102 Å². The van der Waals surface area contributed by atoms with Crippen molar-refractivity contribution in [3.63, 3.8) is 0 Å². The Morgan fingerprint density at radius 3 is 2.50 bits per heavy atom. The molecule has 0 saturated heterocycles. The van der Waals surface area contributed by atoms with Crippen LogP contribution in [0.25, 0.3) is 11.1 Å². The molecule has 0 saturated carbocycles. The lowest BCUT2D eigenvalue weighted by molar-refractivity contribution is 0.0520. The summed E-state index contributed by atoms with van der Waals surface area (Å²) in [5.41, 5.74) is 1.20. The number of hydrogen-bond acceptors (Lipinski definition) is 6. The number of aromatic amines is 1. The SMILES string of the molecule is CCOC(=O)c1[nH]nc(C(=O)C(C)CO)c1-c1ccc(OC)cc1. The van der Waals surface area contributed by atoms with E-state index in [-0.39, 0.29) is 30.4 Å². The highest BCUT2D eigenvalue weighted by Gasteiger charge is 2.27. The van der Waals surface area contributed by atoms with Crippen LogP contribution < -0.4 is 4.74 Å². The predicted molar refractivity (Wildman–Crippen MR) is 87.1 cm³/mol. The number of rotatable bonds is 7. The van der Waals surface area contributed by atoms with E-state index in [1.54, 1.807) is 45.2 Å². The molecule has 2 N–H and O–H groups in total. The van der Waals surface area contributed by atoms with Crippen LogP contribution in [0, 0.1) is 5.92 Å². The van der Waals surface area contributed by atoms with Gasteiger partial charge in [0.25, 0.3) is 0 Å². The normalized spacial score (nSPS) is 11.8. The first kappa shape index (κ1) is 17.7. The van der Waals surface area contributed by atoms with Gasteiger partial charge in [0.2, 0.25) is 0 Å². The largest absolute Gasteiger partial charge is 0.497 e. The van der Waals surface area contributed by atoms with Gasteiger partial charge in [-0.15, -0.1) is 0 Å². The van der Waals surface area contributed by atoms with Crippen LogP contribution in [0.4, 0.5) is 0 Å². The van der Waals surface area contributed by atoms with Crippen LogP contribution in [0.15, 0.2) is 24.3 Å². The number of Topliss-reactive ketones (excluding diaryl/α,β-unsaturated/α-hetero) is 1. The molecule has 2 aromatic rings. The van der Waals surface area contributed by atoms with Crippen LogP contribution in [0.3, 0.4) is 0 Å². The van der Waals surface area contributed by atoms with Crippen molar-refractivity contribution in [2.24, 2.45) is 5.92 Å². The average Bonchev–Trinajstić information content (AvgIpc) is 3.05.